The summed E-state index contributed by atoms with van der Waals surface area (Å²) in [5.41, 5.74) is -0.137. The lowest BCUT2D eigenvalue weighted by Gasteiger charge is -2.06. The highest BCUT2D eigenvalue weighted by atomic mass is 16.3. The van der Waals surface area contributed by atoms with Crippen LogP contribution in [-0.2, 0) is 20.6 Å². The quantitative estimate of drug-likeness (QED) is 0.577. The van der Waals surface area contributed by atoms with Gasteiger partial charge in [0, 0.05) is 38.9 Å². The Hall–Kier alpha value is -1.40. The van der Waals surface area contributed by atoms with E-state index in [0.717, 1.165) is 4.57 Å². The minimum Gasteiger partial charge on any atom is -0.395 e. The van der Waals surface area contributed by atoms with Crippen molar-refractivity contribution in [3.8, 4) is 0 Å². The van der Waals surface area contributed by atoms with Gasteiger partial charge in [0.25, 0.3) is 5.56 Å². The summed E-state index contributed by atoms with van der Waals surface area (Å²) in [4.78, 5) is 22.9. The molecule has 0 radical (unpaired) electrons. The van der Waals surface area contributed by atoms with Crippen LogP contribution >= 0.6 is 0 Å². The number of aliphatic hydroxyl groups is 1. The fraction of sp³-hybridized carbons (Fsp3) is 0.556. The molecule has 1 rings (SSSR count). The molecule has 84 valence electrons. The first-order valence-corrected chi connectivity index (χ1v) is 4.65. The van der Waals surface area contributed by atoms with Crippen molar-refractivity contribution in [3.05, 3.63) is 32.6 Å². The van der Waals surface area contributed by atoms with Gasteiger partial charge >= 0.3 is 5.69 Å². The molecule has 0 atom stereocenters. The lowest BCUT2D eigenvalue weighted by atomic mass is 10.3. The van der Waals surface area contributed by atoms with E-state index in [4.69, 9.17) is 5.11 Å². The number of nitrogens with one attached hydrogen (secondary N) is 1. The molecule has 0 fully saturated rings. The van der Waals surface area contributed by atoms with Crippen molar-refractivity contribution in [2.75, 3.05) is 13.2 Å². The number of aryl methyl sites for hydroxylation is 1. The van der Waals surface area contributed by atoms with Gasteiger partial charge in [-0.3, -0.25) is 9.36 Å². The Morgan fingerprint density at radius 2 is 2.07 bits per heavy atom. The largest absolute Gasteiger partial charge is 0.395 e. The van der Waals surface area contributed by atoms with E-state index in [-0.39, 0.29) is 17.9 Å². The van der Waals surface area contributed by atoms with Crippen molar-refractivity contribution in [1.82, 2.24) is 14.5 Å². The lowest BCUT2D eigenvalue weighted by Crippen LogP contribution is -2.39. The molecular formula is C9H15N3O3. The first kappa shape index (κ1) is 11.7. The maximum atomic E-state index is 11.6. The maximum absolute atomic E-state index is 11.6. The van der Waals surface area contributed by atoms with E-state index in [0.29, 0.717) is 18.7 Å². The van der Waals surface area contributed by atoms with Crippen molar-refractivity contribution in [2.24, 2.45) is 14.1 Å². The topological polar surface area (TPSA) is 76.3 Å². The van der Waals surface area contributed by atoms with Gasteiger partial charge in [-0.15, -0.1) is 0 Å². The number of aliphatic hydroxyl groups excluding tert-OH is 1. The molecule has 2 N–H and O–H groups in total. The van der Waals surface area contributed by atoms with Crippen molar-refractivity contribution in [3.63, 3.8) is 0 Å². The van der Waals surface area contributed by atoms with Crippen molar-refractivity contribution in [2.45, 2.75) is 6.54 Å². The van der Waals surface area contributed by atoms with Gasteiger partial charge in [-0.2, -0.15) is 0 Å². The second-order valence-corrected chi connectivity index (χ2v) is 3.31. The van der Waals surface area contributed by atoms with E-state index in [1.807, 2.05) is 0 Å². The molecule has 0 unspecified atom stereocenters. The van der Waals surface area contributed by atoms with Crippen LogP contribution in [0.3, 0.4) is 0 Å². The number of aromatic nitrogens is 2. The molecule has 15 heavy (non-hydrogen) atoms. The molecule has 0 spiro atoms. The zero-order valence-corrected chi connectivity index (χ0v) is 8.86. The van der Waals surface area contributed by atoms with Crippen LogP contribution in [0.4, 0.5) is 0 Å². The third-order valence-corrected chi connectivity index (χ3v) is 2.12. The summed E-state index contributed by atoms with van der Waals surface area (Å²) in [5, 5.41) is 11.5. The van der Waals surface area contributed by atoms with Gasteiger partial charge in [0.15, 0.2) is 0 Å². The highest BCUT2D eigenvalue weighted by molar-refractivity contribution is 5.05. The van der Waals surface area contributed by atoms with Crippen LogP contribution < -0.4 is 16.6 Å². The van der Waals surface area contributed by atoms with Crippen LogP contribution in [0.2, 0.25) is 0 Å². The molecule has 0 aliphatic carbocycles. The summed E-state index contributed by atoms with van der Waals surface area (Å²) < 4.78 is 2.42. The van der Waals surface area contributed by atoms with Crippen LogP contribution in [0.5, 0.6) is 0 Å². The summed E-state index contributed by atoms with van der Waals surface area (Å²) in [6.45, 7) is 0.791. The standard InChI is InChI=1S/C9H15N3O3/c1-11-6-7(5-10-3-4-13)8(14)12(2)9(11)15/h6,10,13H,3-5H2,1-2H3. The lowest BCUT2D eigenvalue weighted by molar-refractivity contribution is 0.291. The average molecular weight is 213 g/mol. The Morgan fingerprint density at radius 1 is 1.40 bits per heavy atom. The Labute approximate surface area is 86.8 Å². The van der Waals surface area contributed by atoms with Gasteiger partial charge in [0.1, 0.15) is 0 Å². The number of hydrogen-bond acceptors (Lipinski definition) is 4. The minimum atomic E-state index is -0.342. The van der Waals surface area contributed by atoms with Gasteiger partial charge < -0.3 is 15.0 Å². The molecule has 0 saturated heterocycles. The normalized spacial score (nSPS) is 10.6. The van der Waals surface area contributed by atoms with Crippen LogP contribution in [0, 0.1) is 0 Å². The molecule has 0 amide bonds. The SMILES string of the molecule is Cn1cc(CNCCO)c(=O)n(C)c1=O. The van der Waals surface area contributed by atoms with E-state index in [2.05, 4.69) is 5.32 Å². The number of hydrogen-bond donors (Lipinski definition) is 2. The molecule has 0 bridgehead atoms. The molecule has 0 saturated carbocycles. The summed E-state index contributed by atoms with van der Waals surface area (Å²) in [6.07, 6.45) is 1.51. The van der Waals surface area contributed by atoms with Crippen LogP contribution in [0.25, 0.3) is 0 Å². The van der Waals surface area contributed by atoms with E-state index in [1.165, 1.54) is 17.8 Å². The highest BCUT2D eigenvalue weighted by Crippen LogP contribution is 1.86. The number of rotatable bonds is 4. The zero-order chi connectivity index (χ0) is 11.4. The first-order chi connectivity index (χ1) is 7.07. The average Bonchev–Trinajstić information content (AvgIpc) is 2.23. The molecule has 1 heterocycles. The Bertz CT molecular complexity index is 447. The predicted octanol–water partition coefficient (Wildman–Crippen LogP) is -1.83. The zero-order valence-electron chi connectivity index (χ0n) is 8.86. The fourth-order valence-electron chi connectivity index (χ4n) is 1.31. The summed E-state index contributed by atoms with van der Waals surface area (Å²) >= 11 is 0. The van der Waals surface area contributed by atoms with E-state index in [1.54, 1.807) is 7.05 Å². The van der Waals surface area contributed by atoms with Gasteiger partial charge in [-0.05, 0) is 0 Å². The Morgan fingerprint density at radius 3 is 2.67 bits per heavy atom. The second kappa shape index (κ2) is 4.90. The van der Waals surface area contributed by atoms with Gasteiger partial charge in [0.2, 0.25) is 0 Å². The fourth-order valence-corrected chi connectivity index (χ4v) is 1.31. The Balaban J connectivity index is 3.00. The Kier molecular flexibility index (Phi) is 3.81. The summed E-state index contributed by atoms with van der Waals surface area (Å²) in [7, 11) is 3.04. The van der Waals surface area contributed by atoms with Crippen molar-refractivity contribution < 1.29 is 5.11 Å². The summed E-state index contributed by atoms with van der Waals surface area (Å²) in [6, 6.07) is 0. The molecule has 0 aromatic carbocycles. The van der Waals surface area contributed by atoms with Gasteiger partial charge in [0.05, 0.1) is 6.61 Å². The summed E-state index contributed by atoms with van der Waals surface area (Å²) in [5.74, 6) is 0. The highest BCUT2D eigenvalue weighted by Gasteiger charge is 2.05. The third kappa shape index (κ3) is 2.54. The van der Waals surface area contributed by atoms with Gasteiger partial charge in [-0.1, -0.05) is 0 Å². The van der Waals surface area contributed by atoms with E-state index < -0.39 is 0 Å². The van der Waals surface area contributed by atoms with E-state index >= 15 is 0 Å². The third-order valence-electron chi connectivity index (χ3n) is 2.12. The maximum Gasteiger partial charge on any atom is 0.330 e. The van der Waals surface area contributed by atoms with Gasteiger partial charge in [-0.25, -0.2) is 4.79 Å². The molecule has 0 aliphatic heterocycles. The van der Waals surface area contributed by atoms with Crippen molar-refractivity contribution >= 4 is 0 Å². The second-order valence-electron chi connectivity index (χ2n) is 3.31. The molecule has 1 aromatic rings. The molecular weight excluding hydrogens is 198 g/mol. The smallest absolute Gasteiger partial charge is 0.330 e. The van der Waals surface area contributed by atoms with E-state index in [9.17, 15) is 9.59 Å². The molecule has 0 aliphatic rings. The number of nitrogens with zero attached hydrogens (tertiary/aromatic N) is 2. The minimum absolute atomic E-state index is 0.0199. The molecule has 6 heteroatoms. The predicted molar refractivity (Wildman–Crippen MR) is 55.7 cm³/mol. The monoisotopic (exact) mass is 213 g/mol. The first-order valence-electron chi connectivity index (χ1n) is 4.65. The van der Waals surface area contributed by atoms with Crippen LogP contribution in [0.1, 0.15) is 5.56 Å². The molecule has 6 nitrogen and oxygen atoms in total. The van der Waals surface area contributed by atoms with Crippen LogP contribution in [0.15, 0.2) is 15.8 Å². The van der Waals surface area contributed by atoms with Crippen LogP contribution in [-0.4, -0.2) is 27.4 Å². The molecule has 1 aromatic heterocycles. The van der Waals surface area contributed by atoms with Crippen molar-refractivity contribution in [1.29, 1.82) is 0 Å².